The van der Waals surface area contributed by atoms with Gasteiger partial charge < -0.3 is 10.6 Å². The van der Waals surface area contributed by atoms with Crippen LogP contribution < -0.4 is 10.6 Å². The lowest BCUT2D eigenvalue weighted by molar-refractivity contribution is 0.0916. The zero-order chi connectivity index (χ0) is 19.9. The molecule has 1 saturated heterocycles. The van der Waals surface area contributed by atoms with Crippen molar-refractivity contribution in [3.63, 3.8) is 0 Å². The SMILES string of the molecule is Cc1nn(C(C)(C)C)c2nc(C(C)C)cc(C(=O)NC3CNCCC3C)c12. The molecule has 0 aliphatic carbocycles. The highest BCUT2D eigenvalue weighted by Crippen LogP contribution is 2.29. The van der Waals surface area contributed by atoms with Crippen molar-refractivity contribution in [3.8, 4) is 0 Å². The number of nitrogens with one attached hydrogen (secondary N) is 2. The number of rotatable bonds is 3. The molecule has 27 heavy (non-hydrogen) atoms. The first-order valence-electron chi connectivity index (χ1n) is 10.0. The van der Waals surface area contributed by atoms with Crippen LogP contribution in [0.5, 0.6) is 0 Å². The van der Waals surface area contributed by atoms with Gasteiger partial charge in [-0.1, -0.05) is 20.8 Å². The second kappa shape index (κ2) is 7.23. The van der Waals surface area contributed by atoms with Crippen LogP contribution >= 0.6 is 0 Å². The van der Waals surface area contributed by atoms with Crippen LogP contribution in [0.25, 0.3) is 11.0 Å². The highest BCUT2D eigenvalue weighted by molar-refractivity contribution is 6.06. The minimum atomic E-state index is -0.204. The van der Waals surface area contributed by atoms with Gasteiger partial charge in [0.2, 0.25) is 0 Å². The van der Waals surface area contributed by atoms with Crippen LogP contribution in [0.15, 0.2) is 6.07 Å². The zero-order valence-corrected chi connectivity index (χ0v) is 17.7. The minimum absolute atomic E-state index is 0.0265. The molecule has 1 aliphatic heterocycles. The van der Waals surface area contributed by atoms with Gasteiger partial charge in [-0.2, -0.15) is 5.10 Å². The first kappa shape index (κ1) is 19.8. The Hall–Kier alpha value is -1.95. The summed E-state index contributed by atoms with van der Waals surface area (Å²) in [5, 5.41) is 12.2. The average molecular weight is 372 g/mol. The fraction of sp³-hybridized carbons (Fsp3) is 0.667. The highest BCUT2D eigenvalue weighted by atomic mass is 16.1. The Labute approximate surface area is 162 Å². The van der Waals surface area contributed by atoms with Gasteiger partial charge in [0, 0.05) is 18.3 Å². The van der Waals surface area contributed by atoms with Crippen LogP contribution in [-0.2, 0) is 5.54 Å². The third-order valence-electron chi connectivity index (χ3n) is 5.45. The Morgan fingerprint density at radius 1 is 1.37 bits per heavy atom. The standard InChI is InChI=1S/C21H33N5O/c1-12(2)16-10-15(20(27)24-17-11-22-9-8-13(17)3)18-14(4)25-26(19(18)23-16)21(5,6)7/h10,12-13,17,22H,8-9,11H2,1-7H3,(H,24,27). The molecule has 2 aromatic rings. The Balaban J connectivity index is 2.10. The maximum atomic E-state index is 13.3. The predicted molar refractivity (Wildman–Crippen MR) is 109 cm³/mol. The summed E-state index contributed by atoms with van der Waals surface area (Å²) in [5.41, 5.74) is 3.06. The fourth-order valence-corrected chi connectivity index (χ4v) is 3.68. The van der Waals surface area contributed by atoms with Crippen molar-refractivity contribution in [1.29, 1.82) is 0 Å². The number of carbonyl (C=O) groups excluding carboxylic acids is 1. The van der Waals surface area contributed by atoms with Gasteiger partial charge in [-0.15, -0.1) is 0 Å². The Bertz CT molecular complexity index is 846. The second-order valence-electron chi connectivity index (χ2n) is 9.17. The number of hydrogen-bond acceptors (Lipinski definition) is 4. The molecule has 1 fully saturated rings. The van der Waals surface area contributed by atoms with Gasteiger partial charge in [-0.05, 0) is 58.6 Å². The number of aromatic nitrogens is 3. The summed E-state index contributed by atoms with van der Waals surface area (Å²) in [7, 11) is 0. The van der Waals surface area contributed by atoms with Gasteiger partial charge in [-0.25, -0.2) is 9.67 Å². The molecule has 1 aliphatic rings. The molecule has 3 heterocycles. The molecule has 0 spiro atoms. The first-order valence-corrected chi connectivity index (χ1v) is 10.0. The van der Waals surface area contributed by atoms with Crippen molar-refractivity contribution in [2.75, 3.05) is 13.1 Å². The normalized spacial score (nSPS) is 21.0. The molecule has 6 nitrogen and oxygen atoms in total. The van der Waals surface area contributed by atoms with E-state index >= 15 is 0 Å². The largest absolute Gasteiger partial charge is 0.348 e. The van der Waals surface area contributed by atoms with Gasteiger partial charge in [0.25, 0.3) is 5.91 Å². The molecule has 3 rings (SSSR count). The van der Waals surface area contributed by atoms with E-state index in [-0.39, 0.29) is 23.4 Å². The van der Waals surface area contributed by atoms with E-state index in [0.29, 0.717) is 11.5 Å². The molecular weight excluding hydrogens is 338 g/mol. The summed E-state index contributed by atoms with van der Waals surface area (Å²) in [4.78, 5) is 18.1. The zero-order valence-electron chi connectivity index (χ0n) is 17.7. The predicted octanol–water partition coefficient (Wildman–Crippen LogP) is 3.35. The molecule has 2 aromatic heterocycles. The van der Waals surface area contributed by atoms with E-state index in [1.54, 1.807) is 0 Å². The smallest absolute Gasteiger partial charge is 0.252 e. The van der Waals surface area contributed by atoms with Crippen LogP contribution in [0.4, 0.5) is 0 Å². The topological polar surface area (TPSA) is 71.8 Å². The van der Waals surface area contributed by atoms with E-state index in [4.69, 9.17) is 10.1 Å². The molecule has 0 bridgehead atoms. The van der Waals surface area contributed by atoms with Gasteiger partial charge in [0.15, 0.2) is 5.65 Å². The number of piperidine rings is 1. The molecule has 0 saturated carbocycles. The first-order chi connectivity index (χ1) is 12.6. The van der Waals surface area contributed by atoms with Crippen molar-refractivity contribution in [1.82, 2.24) is 25.4 Å². The number of hydrogen-bond donors (Lipinski definition) is 2. The monoisotopic (exact) mass is 371 g/mol. The summed E-state index contributed by atoms with van der Waals surface area (Å²) in [6.07, 6.45) is 1.08. The molecule has 148 valence electrons. The Morgan fingerprint density at radius 2 is 2.07 bits per heavy atom. The molecule has 2 unspecified atom stereocenters. The number of pyridine rings is 1. The summed E-state index contributed by atoms with van der Waals surface area (Å²) in [5.74, 6) is 0.678. The Kier molecular flexibility index (Phi) is 5.30. The lowest BCUT2D eigenvalue weighted by Gasteiger charge is -2.30. The van der Waals surface area contributed by atoms with E-state index in [0.717, 1.165) is 41.9 Å². The molecule has 2 atom stereocenters. The van der Waals surface area contributed by atoms with Gasteiger partial charge in [0.1, 0.15) is 0 Å². The van der Waals surface area contributed by atoms with E-state index in [1.165, 1.54) is 0 Å². The summed E-state index contributed by atoms with van der Waals surface area (Å²) in [6.45, 7) is 16.5. The summed E-state index contributed by atoms with van der Waals surface area (Å²) >= 11 is 0. The summed E-state index contributed by atoms with van der Waals surface area (Å²) < 4.78 is 1.95. The maximum absolute atomic E-state index is 13.3. The number of fused-ring (bicyclic) bond motifs is 1. The quantitative estimate of drug-likeness (QED) is 0.868. The fourth-order valence-electron chi connectivity index (χ4n) is 3.68. The van der Waals surface area contributed by atoms with Crippen molar-refractivity contribution < 1.29 is 4.79 Å². The summed E-state index contributed by atoms with van der Waals surface area (Å²) in [6, 6.07) is 2.10. The van der Waals surface area contributed by atoms with E-state index in [9.17, 15) is 4.79 Å². The van der Waals surface area contributed by atoms with Crippen molar-refractivity contribution in [2.24, 2.45) is 5.92 Å². The molecular formula is C21H33N5O. The molecule has 2 N–H and O–H groups in total. The number of amides is 1. The lowest BCUT2D eigenvalue weighted by atomic mass is 9.94. The van der Waals surface area contributed by atoms with Crippen molar-refractivity contribution >= 4 is 16.9 Å². The van der Waals surface area contributed by atoms with Crippen molar-refractivity contribution in [3.05, 3.63) is 23.0 Å². The third-order valence-corrected chi connectivity index (χ3v) is 5.45. The maximum Gasteiger partial charge on any atom is 0.252 e. The molecule has 0 radical (unpaired) electrons. The van der Waals surface area contributed by atoms with Gasteiger partial charge in [0.05, 0.1) is 22.2 Å². The third kappa shape index (κ3) is 3.86. The average Bonchev–Trinajstić information content (AvgIpc) is 2.93. The van der Waals surface area contributed by atoms with Crippen LogP contribution in [0.2, 0.25) is 0 Å². The van der Waals surface area contributed by atoms with Crippen LogP contribution in [0.3, 0.4) is 0 Å². The van der Waals surface area contributed by atoms with E-state index in [1.807, 2.05) is 17.7 Å². The number of carbonyl (C=O) groups is 1. The molecule has 6 heteroatoms. The number of nitrogens with zero attached hydrogens (tertiary/aromatic N) is 3. The van der Waals surface area contributed by atoms with Crippen LogP contribution in [0.1, 0.15) is 75.6 Å². The molecule has 1 amide bonds. The lowest BCUT2D eigenvalue weighted by Crippen LogP contribution is -2.50. The number of aryl methyl sites for hydroxylation is 1. The molecule has 0 aromatic carbocycles. The van der Waals surface area contributed by atoms with Gasteiger partial charge >= 0.3 is 0 Å². The minimum Gasteiger partial charge on any atom is -0.348 e. The van der Waals surface area contributed by atoms with Crippen LogP contribution in [-0.4, -0.2) is 39.8 Å². The van der Waals surface area contributed by atoms with E-state index < -0.39 is 0 Å². The second-order valence-corrected chi connectivity index (χ2v) is 9.17. The Morgan fingerprint density at radius 3 is 2.67 bits per heavy atom. The van der Waals surface area contributed by atoms with Crippen LogP contribution in [0, 0.1) is 12.8 Å². The van der Waals surface area contributed by atoms with Crippen molar-refractivity contribution in [2.45, 2.75) is 72.4 Å². The van der Waals surface area contributed by atoms with Gasteiger partial charge in [-0.3, -0.25) is 4.79 Å². The van der Waals surface area contributed by atoms with E-state index in [2.05, 4.69) is 52.2 Å². The highest BCUT2D eigenvalue weighted by Gasteiger charge is 2.28.